The van der Waals surface area contributed by atoms with Crippen molar-refractivity contribution in [3.8, 4) is 26.8 Å². The van der Waals surface area contributed by atoms with Crippen LogP contribution >= 0.6 is 34.0 Å². The number of nitrogens with one attached hydrogen (secondary N) is 2. The lowest BCUT2D eigenvalue weighted by Gasteiger charge is -2.02. The van der Waals surface area contributed by atoms with E-state index in [1.54, 1.807) is 18.4 Å². The van der Waals surface area contributed by atoms with Crippen LogP contribution < -0.4 is 15.4 Å². The van der Waals surface area contributed by atoms with Gasteiger partial charge in [-0.15, -0.1) is 34.0 Å². The highest BCUT2D eigenvalue weighted by Crippen LogP contribution is 2.37. The van der Waals surface area contributed by atoms with Gasteiger partial charge in [0.15, 0.2) is 5.13 Å². The highest BCUT2D eigenvalue weighted by atomic mass is 32.1. The minimum absolute atomic E-state index is 0.0620. The van der Waals surface area contributed by atoms with Gasteiger partial charge in [0.05, 0.1) is 24.2 Å². The normalized spacial score (nSPS) is 10.6. The summed E-state index contributed by atoms with van der Waals surface area (Å²) < 4.78 is 5.43. The molecule has 0 spiro atoms. The van der Waals surface area contributed by atoms with E-state index in [1.807, 2.05) is 53.9 Å². The second kappa shape index (κ2) is 9.42. The molecule has 31 heavy (non-hydrogen) atoms. The predicted octanol–water partition coefficient (Wildman–Crippen LogP) is 5.50. The molecule has 0 fully saturated rings. The molecule has 0 aliphatic rings. The van der Waals surface area contributed by atoms with Gasteiger partial charge in [0.1, 0.15) is 10.6 Å². The number of thiazole rings is 1. The third-order valence-corrected chi connectivity index (χ3v) is 7.36. The lowest BCUT2D eigenvalue weighted by Crippen LogP contribution is -2.17. The van der Waals surface area contributed by atoms with E-state index in [4.69, 9.17) is 4.74 Å². The number of ether oxygens (including phenoxy) is 1. The summed E-state index contributed by atoms with van der Waals surface area (Å²) >= 11 is 4.32. The van der Waals surface area contributed by atoms with Crippen LogP contribution in [0.15, 0.2) is 53.9 Å². The zero-order chi connectivity index (χ0) is 21.8. The smallest absolute Gasteiger partial charge is 0.271 e. The first-order chi connectivity index (χ1) is 15.0. The molecule has 0 unspecified atom stereocenters. The lowest BCUT2D eigenvalue weighted by atomic mass is 10.2. The molecule has 0 saturated heterocycles. The molecule has 0 aliphatic heterocycles. The first-order valence-corrected chi connectivity index (χ1v) is 11.9. The van der Waals surface area contributed by atoms with Crippen LogP contribution in [0.5, 0.6) is 5.75 Å². The number of carbonyl (C=O) groups is 2. The zero-order valence-electron chi connectivity index (χ0n) is 16.8. The molecule has 0 radical (unpaired) electrons. The molecular weight excluding hydrogens is 450 g/mol. The fourth-order valence-electron chi connectivity index (χ4n) is 2.85. The number of methoxy groups -OCH3 is 1. The van der Waals surface area contributed by atoms with Gasteiger partial charge >= 0.3 is 0 Å². The zero-order valence-corrected chi connectivity index (χ0v) is 19.2. The monoisotopic (exact) mass is 469 g/mol. The summed E-state index contributed by atoms with van der Waals surface area (Å²) in [5.41, 5.74) is 1.83. The Morgan fingerprint density at radius 2 is 1.87 bits per heavy atom. The minimum Gasteiger partial charge on any atom is -0.495 e. The molecule has 1 aromatic carbocycles. The predicted molar refractivity (Wildman–Crippen MR) is 127 cm³/mol. The van der Waals surface area contributed by atoms with Gasteiger partial charge < -0.3 is 10.1 Å². The van der Waals surface area contributed by atoms with E-state index < -0.39 is 0 Å². The van der Waals surface area contributed by atoms with Crippen LogP contribution in [0.2, 0.25) is 0 Å². The van der Waals surface area contributed by atoms with Gasteiger partial charge in [0, 0.05) is 22.1 Å². The maximum absolute atomic E-state index is 12.9. The van der Waals surface area contributed by atoms with Crippen molar-refractivity contribution in [3.05, 3.63) is 63.7 Å². The molecule has 3 heterocycles. The quantitative estimate of drug-likeness (QED) is 0.375. The summed E-state index contributed by atoms with van der Waals surface area (Å²) in [6.07, 6.45) is 0. The molecule has 0 aliphatic carbocycles. The summed E-state index contributed by atoms with van der Waals surface area (Å²) in [7, 11) is 1.56. The van der Waals surface area contributed by atoms with Crippen molar-refractivity contribution in [3.63, 3.8) is 0 Å². The number of aromatic nitrogens is 1. The first-order valence-electron chi connectivity index (χ1n) is 9.37. The van der Waals surface area contributed by atoms with Crippen molar-refractivity contribution in [2.45, 2.75) is 13.5 Å². The van der Waals surface area contributed by atoms with Crippen LogP contribution in [-0.2, 0) is 11.3 Å². The van der Waals surface area contributed by atoms with E-state index >= 15 is 0 Å². The molecular formula is C22H19N3O3S3. The number of carbonyl (C=O) groups excluding carboxylic acids is 2. The standard InChI is InChI=1S/C22H19N3O3S3/c1-13(26)23-11-15-8-9-18(30-15)16-12-29-22(24-16)25-21(27)20-17(28-2)10-19(31-20)14-6-4-3-5-7-14/h3-10,12H,11H2,1-2H3,(H,23,26)(H,24,25,27). The third-order valence-electron chi connectivity index (χ3n) is 4.33. The van der Waals surface area contributed by atoms with E-state index in [0.29, 0.717) is 22.3 Å². The van der Waals surface area contributed by atoms with Crippen molar-refractivity contribution >= 4 is 51.0 Å². The van der Waals surface area contributed by atoms with Crippen molar-refractivity contribution in [2.24, 2.45) is 0 Å². The van der Waals surface area contributed by atoms with E-state index in [0.717, 1.165) is 25.9 Å². The summed E-state index contributed by atoms with van der Waals surface area (Å²) in [5, 5.41) is 8.10. The Morgan fingerprint density at radius 1 is 1.06 bits per heavy atom. The number of hydrogen-bond acceptors (Lipinski definition) is 7. The summed E-state index contributed by atoms with van der Waals surface area (Å²) in [4.78, 5) is 32.0. The van der Waals surface area contributed by atoms with Crippen molar-refractivity contribution in [1.82, 2.24) is 10.3 Å². The van der Waals surface area contributed by atoms with Gasteiger partial charge in [0.25, 0.3) is 5.91 Å². The number of hydrogen-bond donors (Lipinski definition) is 2. The third kappa shape index (κ3) is 5.01. The van der Waals surface area contributed by atoms with Crippen LogP contribution in [-0.4, -0.2) is 23.9 Å². The molecule has 6 nitrogen and oxygen atoms in total. The van der Waals surface area contributed by atoms with Gasteiger partial charge in [-0.1, -0.05) is 30.3 Å². The molecule has 0 bridgehead atoms. The number of benzene rings is 1. The molecule has 0 atom stereocenters. The van der Waals surface area contributed by atoms with E-state index in [9.17, 15) is 9.59 Å². The van der Waals surface area contributed by atoms with Crippen LogP contribution in [0.25, 0.3) is 21.0 Å². The summed E-state index contributed by atoms with van der Waals surface area (Å²) in [6, 6.07) is 15.7. The second-order valence-corrected chi connectivity index (χ2v) is 9.62. The van der Waals surface area contributed by atoms with Gasteiger partial charge in [0.2, 0.25) is 5.91 Å². The topological polar surface area (TPSA) is 80.3 Å². The van der Waals surface area contributed by atoms with Gasteiger partial charge in [-0.2, -0.15) is 0 Å². The molecule has 9 heteroatoms. The van der Waals surface area contributed by atoms with Crippen molar-refractivity contribution in [2.75, 3.05) is 12.4 Å². The average Bonchev–Trinajstić information content (AvgIpc) is 3.51. The molecule has 2 amide bonds. The van der Waals surface area contributed by atoms with E-state index in [2.05, 4.69) is 15.6 Å². The summed E-state index contributed by atoms with van der Waals surface area (Å²) in [6.45, 7) is 1.99. The average molecular weight is 470 g/mol. The lowest BCUT2D eigenvalue weighted by molar-refractivity contribution is -0.119. The maximum atomic E-state index is 12.9. The molecule has 3 aromatic heterocycles. The number of amides is 2. The van der Waals surface area contributed by atoms with Crippen LogP contribution in [0.3, 0.4) is 0 Å². The number of nitrogens with zero attached hydrogens (tertiary/aromatic N) is 1. The Balaban J connectivity index is 1.48. The minimum atomic E-state index is -0.248. The Kier molecular flexibility index (Phi) is 6.45. The fraction of sp³-hybridized carbons (Fsp3) is 0.136. The Labute approximate surface area is 191 Å². The van der Waals surface area contributed by atoms with Crippen LogP contribution in [0, 0.1) is 0 Å². The Morgan fingerprint density at radius 3 is 2.61 bits per heavy atom. The molecule has 2 N–H and O–H groups in total. The number of anilines is 1. The first kappa shape index (κ1) is 21.2. The van der Waals surface area contributed by atoms with E-state index in [-0.39, 0.29) is 11.8 Å². The van der Waals surface area contributed by atoms with Gasteiger partial charge in [-0.3, -0.25) is 14.9 Å². The number of thiophene rings is 2. The SMILES string of the molecule is COc1cc(-c2ccccc2)sc1C(=O)Nc1nc(-c2ccc(CNC(C)=O)s2)cs1. The second-order valence-electron chi connectivity index (χ2n) is 6.54. The Hall–Kier alpha value is -3.01. The molecule has 4 aromatic rings. The largest absolute Gasteiger partial charge is 0.495 e. The molecule has 0 saturated carbocycles. The van der Waals surface area contributed by atoms with Gasteiger partial charge in [-0.25, -0.2) is 4.98 Å². The van der Waals surface area contributed by atoms with Crippen molar-refractivity contribution in [1.29, 1.82) is 0 Å². The van der Waals surface area contributed by atoms with Crippen LogP contribution in [0.4, 0.5) is 5.13 Å². The molecule has 4 rings (SSSR count). The summed E-state index contributed by atoms with van der Waals surface area (Å²) in [5.74, 6) is 0.231. The molecule has 158 valence electrons. The van der Waals surface area contributed by atoms with Crippen molar-refractivity contribution < 1.29 is 14.3 Å². The van der Waals surface area contributed by atoms with Crippen LogP contribution in [0.1, 0.15) is 21.5 Å². The fourth-order valence-corrected chi connectivity index (χ4v) is 5.56. The highest BCUT2D eigenvalue weighted by molar-refractivity contribution is 7.18. The van der Waals surface area contributed by atoms with Gasteiger partial charge in [-0.05, 0) is 23.8 Å². The van der Waals surface area contributed by atoms with E-state index in [1.165, 1.54) is 29.6 Å². The number of rotatable bonds is 7. The maximum Gasteiger partial charge on any atom is 0.271 e. The highest BCUT2D eigenvalue weighted by Gasteiger charge is 2.19. The Bertz CT molecular complexity index is 1210.